The molecule has 0 aliphatic rings. The molecule has 0 fully saturated rings. The molecular weight excluding hydrogens is 565 g/mol. The second kappa shape index (κ2) is 13.0. The van der Waals surface area contributed by atoms with E-state index in [4.69, 9.17) is 9.16 Å². The van der Waals surface area contributed by atoms with Crippen LogP contribution in [0.5, 0.6) is 0 Å². The first-order chi connectivity index (χ1) is 20.4. The van der Waals surface area contributed by atoms with Crippen LogP contribution in [0.4, 0.5) is 13.2 Å². The summed E-state index contributed by atoms with van der Waals surface area (Å²) in [6.45, 7) is 8.41. The molecule has 2 atom stereocenters. The fraction of sp³-hybridized carbons (Fsp3) is 0.250. The molecular formula is C36H37F3O3Si. The minimum Gasteiger partial charge on any atom is -0.534 e. The van der Waals surface area contributed by atoms with Gasteiger partial charge in [-0.05, 0) is 45.1 Å². The van der Waals surface area contributed by atoms with Crippen molar-refractivity contribution in [1.29, 1.82) is 0 Å². The number of methoxy groups -OCH3 is 1. The van der Waals surface area contributed by atoms with Gasteiger partial charge in [0.25, 0.3) is 0 Å². The first-order valence-electron chi connectivity index (χ1n) is 14.2. The Hall–Kier alpha value is -4.10. The third-order valence-corrected chi connectivity index (χ3v) is 12.7. The van der Waals surface area contributed by atoms with Gasteiger partial charge in [0.2, 0.25) is 0 Å². The molecule has 4 aromatic rings. The lowest BCUT2D eigenvalue weighted by Crippen LogP contribution is -2.66. The van der Waals surface area contributed by atoms with Crippen molar-refractivity contribution >= 4 is 30.4 Å². The van der Waals surface area contributed by atoms with Gasteiger partial charge in [0.15, 0.2) is 0 Å². The highest BCUT2D eigenvalue weighted by atomic mass is 28.4. The number of benzene rings is 4. The van der Waals surface area contributed by atoms with Crippen molar-refractivity contribution in [3.63, 3.8) is 0 Å². The van der Waals surface area contributed by atoms with Gasteiger partial charge in [0.05, 0.1) is 18.6 Å². The van der Waals surface area contributed by atoms with Crippen molar-refractivity contribution in [2.75, 3.05) is 7.11 Å². The Morgan fingerprint density at radius 1 is 0.744 bits per heavy atom. The molecule has 0 aliphatic carbocycles. The summed E-state index contributed by atoms with van der Waals surface area (Å²) in [5, 5.41) is 1.87. The molecule has 0 saturated carbocycles. The summed E-state index contributed by atoms with van der Waals surface area (Å²) in [6.07, 6.45) is -2.57. The smallest absolute Gasteiger partial charge is 0.416 e. The van der Waals surface area contributed by atoms with Crippen LogP contribution >= 0.6 is 0 Å². The molecule has 0 unspecified atom stereocenters. The number of rotatable bonds is 9. The molecule has 0 spiro atoms. The predicted molar refractivity (Wildman–Crippen MR) is 168 cm³/mol. The van der Waals surface area contributed by atoms with Gasteiger partial charge in [-0.1, -0.05) is 131 Å². The summed E-state index contributed by atoms with van der Waals surface area (Å²) in [4.78, 5) is 13.1. The average molecular weight is 603 g/mol. The number of allylic oxidation sites excluding steroid dienone is 1. The zero-order valence-electron chi connectivity index (χ0n) is 25.1. The van der Waals surface area contributed by atoms with E-state index in [0.717, 1.165) is 28.1 Å². The average Bonchev–Trinajstić information content (AvgIpc) is 2.99. The Balaban J connectivity index is 1.91. The summed E-state index contributed by atoms with van der Waals surface area (Å²) in [7, 11) is -1.76. The first-order valence-corrected chi connectivity index (χ1v) is 16.1. The largest absolute Gasteiger partial charge is 0.534 e. The molecule has 224 valence electrons. The van der Waals surface area contributed by atoms with Crippen LogP contribution in [0.3, 0.4) is 0 Å². The second-order valence-corrected chi connectivity index (χ2v) is 15.9. The zero-order chi connectivity index (χ0) is 31.3. The molecule has 0 aromatic heterocycles. The number of ether oxygens (including phenoxy) is 1. The van der Waals surface area contributed by atoms with E-state index in [9.17, 15) is 18.0 Å². The fourth-order valence-corrected chi connectivity index (χ4v) is 10.0. The summed E-state index contributed by atoms with van der Waals surface area (Å²) in [5.41, 5.74) is 0.489. The molecule has 0 aliphatic heterocycles. The van der Waals surface area contributed by atoms with E-state index in [1.165, 1.54) is 19.2 Å². The lowest BCUT2D eigenvalue weighted by molar-refractivity contribution is -0.143. The van der Waals surface area contributed by atoms with E-state index in [0.29, 0.717) is 11.3 Å². The minimum absolute atomic E-state index is 0.317. The fourth-order valence-electron chi connectivity index (χ4n) is 5.60. The molecule has 4 rings (SSSR count). The Morgan fingerprint density at radius 2 is 1.21 bits per heavy atom. The third-order valence-electron chi connectivity index (χ3n) is 7.73. The Labute approximate surface area is 253 Å². The number of carbonyl (C=O) groups excluding carboxylic acids is 1. The number of halogens is 3. The van der Waals surface area contributed by atoms with E-state index in [-0.39, 0.29) is 5.04 Å². The van der Waals surface area contributed by atoms with Crippen molar-refractivity contribution in [3.05, 3.63) is 138 Å². The Kier molecular flexibility index (Phi) is 9.65. The van der Waals surface area contributed by atoms with Crippen LogP contribution in [-0.4, -0.2) is 21.4 Å². The highest BCUT2D eigenvalue weighted by Gasteiger charge is 2.52. The monoisotopic (exact) mass is 602 g/mol. The molecule has 7 heteroatoms. The summed E-state index contributed by atoms with van der Waals surface area (Å²) >= 11 is 0. The maximum atomic E-state index is 13.3. The Bertz CT molecular complexity index is 1470. The van der Waals surface area contributed by atoms with Gasteiger partial charge in [-0.2, -0.15) is 13.2 Å². The molecule has 0 radical (unpaired) electrons. The van der Waals surface area contributed by atoms with E-state index >= 15 is 0 Å². The molecule has 0 bridgehead atoms. The summed E-state index contributed by atoms with van der Waals surface area (Å²) in [5.74, 6) is -1.28. The molecule has 0 heterocycles. The third kappa shape index (κ3) is 6.94. The highest BCUT2D eigenvalue weighted by Crippen LogP contribution is 2.41. The number of esters is 1. The summed E-state index contributed by atoms with van der Waals surface area (Å²) in [6, 6.07) is 34.8. The van der Waals surface area contributed by atoms with Crippen LogP contribution in [0.2, 0.25) is 5.04 Å². The van der Waals surface area contributed by atoms with Crippen molar-refractivity contribution in [2.45, 2.75) is 44.8 Å². The van der Waals surface area contributed by atoms with Gasteiger partial charge >= 0.3 is 20.5 Å². The van der Waals surface area contributed by atoms with Crippen LogP contribution < -0.4 is 10.4 Å². The van der Waals surface area contributed by atoms with Crippen LogP contribution in [0.1, 0.15) is 50.3 Å². The van der Waals surface area contributed by atoms with Crippen molar-refractivity contribution in [2.24, 2.45) is 5.92 Å². The predicted octanol–water partition coefficient (Wildman–Crippen LogP) is 8.22. The molecule has 0 amide bonds. The van der Waals surface area contributed by atoms with Crippen LogP contribution in [0, 0.1) is 5.92 Å². The maximum absolute atomic E-state index is 13.3. The normalized spacial score (nSPS) is 14.1. The van der Waals surface area contributed by atoms with E-state index < -0.39 is 37.9 Å². The van der Waals surface area contributed by atoms with Crippen molar-refractivity contribution in [1.82, 2.24) is 0 Å². The zero-order valence-corrected chi connectivity index (χ0v) is 26.1. The van der Waals surface area contributed by atoms with Crippen LogP contribution in [0.25, 0.3) is 5.76 Å². The van der Waals surface area contributed by atoms with E-state index in [2.05, 4.69) is 45.0 Å². The number of carbonyl (C=O) groups is 1. The number of hydrogen-bond acceptors (Lipinski definition) is 3. The topological polar surface area (TPSA) is 35.5 Å². The molecule has 0 N–H and O–H groups in total. The lowest BCUT2D eigenvalue weighted by Gasteiger charge is -2.43. The van der Waals surface area contributed by atoms with Crippen molar-refractivity contribution in [3.8, 4) is 0 Å². The number of alkyl halides is 3. The van der Waals surface area contributed by atoms with Gasteiger partial charge in [-0.25, -0.2) is 0 Å². The van der Waals surface area contributed by atoms with Crippen LogP contribution in [-0.2, 0) is 20.1 Å². The van der Waals surface area contributed by atoms with E-state index in [1.54, 1.807) is 0 Å². The lowest BCUT2D eigenvalue weighted by atomic mass is 9.86. The highest BCUT2D eigenvalue weighted by molar-refractivity contribution is 7.00. The van der Waals surface area contributed by atoms with Gasteiger partial charge in [-0.15, -0.1) is 0 Å². The maximum Gasteiger partial charge on any atom is 0.416 e. The van der Waals surface area contributed by atoms with Gasteiger partial charge in [0, 0.05) is 5.56 Å². The van der Waals surface area contributed by atoms with E-state index in [1.807, 2.05) is 79.7 Å². The molecule has 0 saturated heterocycles. The van der Waals surface area contributed by atoms with Gasteiger partial charge in [-0.3, -0.25) is 4.79 Å². The first kappa shape index (κ1) is 31.8. The van der Waals surface area contributed by atoms with Crippen molar-refractivity contribution < 1.29 is 27.1 Å². The number of hydrogen-bond donors (Lipinski definition) is 0. The molecule has 43 heavy (non-hydrogen) atoms. The summed E-state index contributed by atoms with van der Waals surface area (Å²) < 4.78 is 52.4. The molecule has 3 nitrogen and oxygen atoms in total. The second-order valence-electron chi connectivity index (χ2n) is 11.6. The minimum atomic E-state index is -4.48. The van der Waals surface area contributed by atoms with Gasteiger partial charge in [0.1, 0.15) is 5.76 Å². The quantitative estimate of drug-likeness (QED) is 0.110. The SMILES string of the molecule is COC(=O)[C@H](c1ccc(C(F)(F)F)cc1)[C@H](C)/C=C(\O[Si](c1ccccc1)(c1ccccc1)C(C)(C)C)c1ccccc1. The van der Waals surface area contributed by atoms with Gasteiger partial charge < -0.3 is 9.16 Å². The standard InChI is InChI=1S/C36H37F3O3Si/c1-26(33(34(40)41-5)28-21-23-29(24-22-28)36(37,38)39)25-32(27-15-9-6-10-16-27)42-43(35(2,3)4,30-17-11-7-12-18-30)31-19-13-8-14-20-31/h6-26,33H,1-5H3/b32-25-/t26-,33+/m1/s1. The molecule has 4 aromatic carbocycles. The van der Waals surface area contributed by atoms with Crippen LogP contribution in [0.15, 0.2) is 121 Å². The Morgan fingerprint density at radius 3 is 1.63 bits per heavy atom.